The molecule has 1 atom stereocenters. The van der Waals surface area contributed by atoms with Crippen molar-refractivity contribution in [2.24, 2.45) is 11.8 Å². The summed E-state index contributed by atoms with van der Waals surface area (Å²) in [7, 11) is 0. The molecule has 1 heterocycles. The molecule has 0 bridgehead atoms. The Morgan fingerprint density at radius 3 is 2.63 bits per heavy atom. The maximum atomic E-state index is 5.98. The molecule has 0 saturated heterocycles. The van der Waals surface area contributed by atoms with Gasteiger partial charge in [-0.15, -0.1) is 0 Å². The van der Waals surface area contributed by atoms with Gasteiger partial charge in [-0.1, -0.05) is 81.5 Å². The lowest BCUT2D eigenvalue weighted by molar-refractivity contribution is 0.256. The van der Waals surface area contributed by atoms with Gasteiger partial charge in [-0.25, -0.2) is 0 Å². The molecular weight excluding hydrogens is 330 g/mol. The Hall–Kier alpha value is -2.06. The first-order valence-corrected chi connectivity index (χ1v) is 10.5. The third-order valence-corrected chi connectivity index (χ3v) is 6.10. The first-order chi connectivity index (χ1) is 13.3. The van der Waals surface area contributed by atoms with E-state index in [2.05, 4.69) is 54.7 Å². The van der Waals surface area contributed by atoms with E-state index in [1.165, 1.54) is 48.6 Å². The number of hydrogen-bond donors (Lipinski definition) is 1. The Morgan fingerprint density at radius 2 is 1.78 bits per heavy atom. The lowest BCUT2D eigenvalue weighted by atomic mass is 9.81. The standard InChI is InChI=1S/C25H31NO/c1-19(22-10-3-2-4-11-22)17-26-18-21-9-7-8-20(14-21)15-24-16-23-12-5-6-13-25(23)27-24/h5-9,12-14,16,19,22,26H,2-4,10-11,15,17-18H2,1H3. The summed E-state index contributed by atoms with van der Waals surface area (Å²) >= 11 is 0. The minimum absolute atomic E-state index is 0.782. The molecule has 1 aliphatic rings. The molecule has 4 rings (SSSR count). The number of furan rings is 1. The van der Waals surface area contributed by atoms with Crippen LogP contribution in [-0.4, -0.2) is 6.54 Å². The van der Waals surface area contributed by atoms with E-state index in [0.717, 1.165) is 42.7 Å². The van der Waals surface area contributed by atoms with Crippen LogP contribution in [0, 0.1) is 11.8 Å². The van der Waals surface area contributed by atoms with Crippen LogP contribution in [0.2, 0.25) is 0 Å². The van der Waals surface area contributed by atoms with Gasteiger partial charge in [0.2, 0.25) is 0 Å². The van der Waals surface area contributed by atoms with Gasteiger partial charge >= 0.3 is 0 Å². The zero-order chi connectivity index (χ0) is 18.5. The molecule has 1 N–H and O–H groups in total. The van der Waals surface area contributed by atoms with Gasteiger partial charge < -0.3 is 9.73 Å². The highest BCUT2D eigenvalue weighted by Gasteiger charge is 2.19. The smallest absolute Gasteiger partial charge is 0.134 e. The molecule has 0 radical (unpaired) electrons. The van der Waals surface area contributed by atoms with Crippen LogP contribution in [0.4, 0.5) is 0 Å². The monoisotopic (exact) mass is 361 g/mol. The fourth-order valence-corrected chi connectivity index (χ4v) is 4.49. The van der Waals surface area contributed by atoms with Crippen molar-refractivity contribution < 1.29 is 4.42 Å². The van der Waals surface area contributed by atoms with Gasteiger partial charge in [0.05, 0.1) is 0 Å². The second-order valence-electron chi connectivity index (χ2n) is 8.25. The molecule has 2 nitrogen and oxygen atoms in total. The summed E-state index contributed by atoms with van der Waals surface area (Å²) < 4.78 is 5.98. The summed E-state index contributed by atoms with van der Waals surface area (Å²) in [5.74, 6) is 2.74. The van der Waals surface area contributed by atoms with E-state index in [1.54, 1.807) is 0 Å². The van der Waals surface area contributed by atoms with Gasteiger partial charge in [-0.05, 0) is 41.6 Å². The minimum Gasteiger partial charge on any atom is -0.461 e. The normalized spacial score (nSPS) is 16.6. The first-order valence-electron chi connectivity index (χ1n) is 10.5. The topological polar surface area (TPSA) is 25.2 Å². The summed E-state index contributed by atoms with van der Waals surface area (Å²) in [6.07, 6.45) is 8.00. The summed E-state index contributed by atoms with van der Waals surface area (Å²) in [6, 6.07) is 19.3. The number of nitrogens with one attached hydrogen (secondary N) is 1. The average molecular weight is 362 g/mol. The maximum absolute atomic E-state index is 5.98. The van der Waals surface area contributed by atoms with E-state index in [-0.39, 0.29) is 0 Å². The van der Waals surface area contributed by atoms with Crippen LogP contribution in [0.3, 0.4) is 0 Å². The van der Waals surface area contributed by atoms with Crippen LogP contribution in [0.15, 0.2) is 59.0 Å². The van der Waals surface area contributed by atoms with E-state index in [9.17, 15) is 0 Å². The Kier molecular flexibility index (Phi) is 5.94. The van der Waals surface area contributed by atoms with Crippen molar-refractivity contribution >= 4 is 11.0 Å². The molecule has 27 heavy (non-hydrogen) atoms. The lowest BCUT2D eigenvalue weighted by Gasteiger charge is -2.27. The summed E-state index contributed by atoms with van der Waals surface area (Å²) in [5, 5.41) is 4.87. The van der Waals surface area contributed by atoms with Crippen molar-refractivity contribution in [2.45, 2.75) is 52.0 Å². The van der Waals surface area contributed by atoms with Crippen molar-refractivity contribution in [2.75, 3.05) is 6.54 Å². The fraction of sp³-hybridized carbons (Fsp3) is 0.440. The predicted octanol–water partition coefficient (Wildman–Crippen LogP) is 6.33. The van der Waals surface area contributed by atoms with Crippen molar-refractivity contribution in [3.05, 3.63) is 71.5 Å². The molecule has 0 spiro atoms. The molecule has 1 saturated carbocycles. The van der Waals surface area contributed by atoms with E-state index in [4.69, 9.17) is 4.42 Å². The fourth-order valence-electron chi connectivity index (χ4n) is 4.49. The van der Waals surface area contributed by atoms with E-state index in [1.807, 2.05) is 12.1 Å². The highest BCUT2D eigenvalue weighted by atomic mass is 16.3. The minimum atomic E-state index is 0.782. The number of hydrogen-bond acceptors (Lipinski definition) is 2. The number of rotatable bonds is 7. The first kappa shape index (κ1) is 18.3. The van der Waals surface area contributed by atoms with Crippen LogP contribution >= 0.6 is 0 Å². The third-order valence-electron chi connectivity index (χ3n) is 6.10. The largest absolute Gasteiger partial charge is 0.461 e. The summed E-state index contributed by atoms with van der Waals surface area (Å²) in [5.41, 5.74) is 3.65. The molecule has 1 unspecified atom stereocenters. The average Bonchev–Trinajstić information content (AvgIpc) is 3.11. The molecule has 142 valence electrons. The predicted molar refractivity (Wildman–Crippen MR) is 113 cm³/mol. The molecule has 1 aliphatic carbocycles. The lowest BCUT2D eigenvalue weighted by Crippen LogP contribution is -2.27. The highest BCUT2D eigenvalue weighted by molar-refractivity contribution is 5.77. The SMILES string of the molecule is CC(CNCc1cccc(Cc2cc3ccccc3o2)c1)C1CCCCC1. The second-order valence-corrected chi connectivity index (χ2v) is 8.25. The second kappa shape index (κ2) is 8.75. The van der Waals surface area contributed by atoms with Crippen molar-refractivity contribution in [1.82, 2.24) is 5.32 Å². The van der Waals surface area contributed by atoms with Crippen LogP contribution in [0.5, 0.6) is 0 Å². The van der Waals surface area contributed by atoms with Crippen LogP contribution < -0.4 is 5.32 Å². The molecule has 1 fully saturated rings. The van der Waals surface area contributed by atoms with Gasteiger partial charge in [0.1, 0.15) is 11.3 Å². The summed E-state index contributed by atoms with van der Waals surface area (Å²) in [6.45, 7) is 4.49. The molecule has 0 amide bonds. The number of fused-ring (bicyclic) bond motifs is 1. The molecule has 0 aliphatic heterocycles. The van der Waals surface area contributed by atoms with Gasteiger partial charge in [-0.2, -0.15) is 0 Å². The quantitative estimate of drug-likeness (QED) is 0.532. The molecule has 1 aromatic heterocycles. The van der Waals surface area contributed by atoms with Gasteiger partial charge in [0, 0.05) is 18.4 Å². The Balaban J connectivity index is 1.32. The van der Waals surface area contributed by atoms with Gasteiger partial charge in [0.15, 0.2) is 0 Å². The van der Waals surface area contributed by atoms with Crippen LogP contribution in [0.25, 0.3) is 11.0 Å². The Morgan fingerprint density at radius 1 is 0.963 bits per heavy atom. The van der Waals surface area contributed by atoms with Gasteiger partial charge in [-0.3, -0.25) is 0 Å². The number of para-hydroxylation sites is 1. The maximum Gasteiger partial charge on any atom is 0.134 e. The van der Waals surface area contributed by atoms with E-state index in [0.29, 0.717) is 0 Å². The van der Waals surface area contributed by atoms with E-state index >= 15 is 0 Å². The Labute approximate surface area is 163 Å². The van der Waals surface area contributed by atoms with Crippen molar-refractivity contribution in [3.8, 4) is 0 Å². The van der Waals surface area contributed by atoms with Gasteiger partial charge in [0.25, 0.3) is 0 Å². The Bertz CT molecular complexity index is 826. The number of benzene rings is 2. The third kappa shape index (κ3) is 4.81. The zero-order valence-electron chi connectivity index (χ0n) is 16.4. The molecule has 2 heteroatoms. The molecule has 3 aromatic rings. The zero-order valence-corrected chi connectivity index (χ0v) is 16.4. The summed E-state index contributed by atoms with van der Waals surface area (Å²) in [4.78, 5) is 0. The van der Waals surface area contributed by atoms with Crippen LogP contribution in [0.1, 0.15) is 55.9 Å². The highest BCUT2D eigenvalue weighted by Crippen LogP contribution is 2.29. The molecular formula is C25H31NO. The van der Waals surface area contributed by atoms with Crippen molar-refractivity contribution in [3.63, 3.8) is 0 Å². The van der Waals surface area contributed by atoms with Crippen molar-refractivity contribution in [1.29, 1.82) is 0 Å². The van der Waals surface area contributed by atoms with E-state index < -0.39 is 0 Å². The molecule has 2 aromatic carbocycles. The van der Waals surface area contributed by atoms with Crippen LogP contribution in [-0.2, 0) is 13.0 Å².